The fourth-order valence-corrected chi connectivity index (χ4v) is 4.43. The molecule has 2 bridgehead atoms. The number of benzene rings is 2. The lowest BCUT2D eigenvalue weighted by atomic mass is 9.93. The quantitative estimate of drug-likeness (QED) is 0.559. The van der Waals surface area contributed by atoms with Gasteiger partial charge >= 0.3 is 0 Å². The second-order valence-electron chi connectivity index (χ2n) is 8.15. The van der Waals surface area contributed by atoms with Gasteiger partial charge in [0.15, 0.2) is 23.0 Å². The van der Waals surface area contributed by atoms with Crippen LogP contribution in [0.25, 0.3) is 0 Å². The van der Waals surface area contributed by atoms with Crippen molar-refractivity contribution in [3.8, 4) is 11.5 Å². The third-order valence-corrected chi connectivity index (χ3v) is 6.11. The third kappa shape index (κ3) is 3.40. The van der Waals surface area contributed by atoms with Crippen LogP contribution in [0, 0.1) is 18.6 Å². The predicted octanol–water partition coefficient (Wildman–Crippen LogP) is 3.23. The summed E-state index contributed by atoms with van der Waals surface area (Å²) in [5, 5.41) is 12.3. The van der Waals surface area contributed by atoms with E-state index in [1.165, 1.54) is 21.8 Å². The number of aromatic hydroxyl groups is 1. The first-order chi connectivity index (χ1) is 16.4. The lowest BCUT2D eigenvalue weighted by Crippen LogP contribution is -2.55. The SMILES string of the molecule is Cc1ccccc1[C@H]1c2ccc(F)c(F)c2OC/C=C/CN2CN1n1ccc(=O)c(O)c1C2=O. The summed E-state index contributed by atoms with van der Waals surface area (Å²) < 4.78 is 36.4. The van der Waals surface area contributed by atoms with Crippen LogP contribution in [0.1, 0.15) is 33.2 Å². The molecule has 1 atom stereocenters. The van der Waals surface area contributed by atoms with E-state index in [0.717, 1.165) is 23.3 Å². The van der Waals surface area contributed by atoms with Crippen LogP contribution in [0.3, 0.4) is 0 Å². The van der Waals surface area contributed by atoms with Gasteiger partial charge in [0.2, 0.25) is 11.2 Å². The Labute approximate surface area is 193 Å². The number of ether oxygens (including phenoxy) is 1. The van der Waals surface area contributed by atoms with Crippen molar-refractivity contribution >= 4 is 5.91 Å². The second kappa shape index (κ2) is 8.33. The molecule has 34 heavy (non-hydrogen) atoms. The van der Waals surface area contributed by atoms with E-state index in [2.05, 4.69) is 0 Å². The van der Waals surface area contributed by atoms with E-state index < -0.39 is 34.8 Å². The van der Waals surface area contributed by atoms with Gasteiger partial charge in [-0.2, -0.15) is 4.39 Å². The summed E-state index contributed by atoms with van der Waals surface area (Å²) in [6.07, 6.45) is 4.66. The Bertz CT molecular complexity index is 1390. The van der Waals surface area contributed by atoms with Crippen LogP contribution in [0.5, 0.6) is 11.5 Å². The molecule has 3 heterocycles. The fourth-order valence-electron chi connectivity index (χ4n) is 4.43. The van der Waals surface area contributed by atoms with E-state index in [1.807, 2.05) is 31.2 Å². The maximum atomic E-state index is 15.0. The Kier molecular flexibility index (Phi) is 5.31. The number of amides is 1. The minimum Gasteiger partial charge on any atom is -0.502 e. The van der Waals surface area contributed by atoms with E-state index in [0.29, 0.717) is 5.56 Å². The first-order valence-corrected chi connectivity index (χ1v) is 10.7. The minimum atomic E-state index is -1.11. The Hall–Kier alpha value is -4.14. The summed E-state index contributed by atoms with van der Waals surface area (Å²) in [6, 6.07) is 10.3. The van der Waals surface area contributed by atoms with Crippen molar-refractivity contribution in [3.05, 3.63) is 105 Å². The molecule has 2 aliphatic rings. The number of halogens is 2. The van der Waals surface area contributed by atoms with Gasteiger partial charge in [-0.3, -0.25) is 19.3 Å². The van der Waals surface area contributed by atoms with Crippen molar-refractivity contribution in [2.75, 3.05) is 24.8 Å². The highest BCUT2D eigenvalue weighted by molar-refractivity contribution is 5.96. The zero-order chi connectivity index (χ0) is 24.0. The van der Waals surface area contributed by atoms with E-state index >= 15 is 4.39 Å². The molecule has 0 spiro atoms. The van der Waals surface area contributed by atoms with Gasteiger partial charge in [0.25, 0.3) is 5.91 Å². The highest BCUT2D eigenvalue weighted by Gasteiger charge is 2.38. The van der Waals surface area contributed by atoms with Crippen LogP contribution in [0.2, 0.25) is 0 Å². The Morgan fingerprint density at radius 2 is 1.82 bits per heavy atom. The van der Waals surface area contributed by atoms with Crippen molar-refractivity contribution in [1.82, 2.24) is 9.58 Å². The first-order valence-electron chi connectivity index (χ1n) is 10.7. The Morgan fingerprint density at radius 1 is 1.03 bits per heavy atom. The Balaban J connectivity index is 1.85. The van der Waals surface area contributed by atoms with Gasteiger partial charge in [0.1, 0.15) is 19.3 Å². The molecule has 1 amide bonds. The largest absolute Gasteiger partial charge is 0.502 e. The molecule has 0 saturated heterocycles. The average molecular weight is 465 g/mol. The van der Waals surface area contributed by atoms with Crippen molar-refractivity contribution in [2.45, 2.75) is 13.0 Å². The number of aromatic nitrogens is 1. The lowest BCUT2D eigenvalue weighted by Gasteiger charge is -2.44. The predicted molar refractivity (Wildman–Crippen MR) is 121 cm³/mol. The fraction of sp³-hybridized carbons (Fsp3) is 0.200. The molecule has 1 aromatic heterocycles. The zero-order valence-electron chi connectivity index (χ0n) is 18.2. The molecule has 0 aliphatic carbocycles. The molecule has 0 unspecified atom stereocenters. The number of fused-ring (bicyclic) bond motifs is 5. The molecular formula is C25H21F2N3O4. The standard InChI is InChI=1S/C25H21F2N3O4/c1-15-6-2-3-7-16(15)21-17-8-9-18(26)20(27)24(17)34-13-5-4-11-28-14-30(21)29-12-10-19(31)23(32)22(29)25(28)33/h2-10,12,21,32H,11,13-14H2,1H3/b5-4+/t21-/m0/s1. The lowest BCUT2D eigenvalue weighted by molar-refractivity contribution is 0.0701. The molecule has 9 heteroatoms. The third-order valence-electron chi connectivity index (χ3n) is 6.11. The van der Waals surface area contributed by atoms with E-state index in [-0.39, 0.29) is 31.3 Å². The summed E-state index contributed by atoms with van der Waals surface area (Å²) in [4.78, 5) is 26.9. The number of rotatable bonds is 1. The highest BCUT2D eigenvalue weighted by Crippen LogP contribution is 2.39. The van der Waals surface area contributed by atoms with Crippen molar-refractivity contribution < 1.29 is 23.4 Å². The maximum Gasteiger partial charge on any atom is 0.278 e. The molecule has 0 fully saturated rings. The van der Waals surface area contributed by atoms with Gasteiger partial charge in [-0.25, -0.2) is 4.39 Å². The molecule has 1 N–H and O–H groups in total. The van der Waals surface area contributed by atoms with Crippen LogP contribution in [0.15, 0.2) is 65.6 Å². The number of aryl methyl sites for hydroxylation is 1. The van der Waals surface area contributed by atoms with Crippen molar-refractivity contribution in [3.63, 3.8) is 0 Å². The molecule has 2 aliphatic heterocycles. The molecule has 0 radical (unpaired) electrons. The molecule has 3 aromatic rings. The van der Waals surface area contributed by atoms with Crippen LogP contribution in [-0.2, 0) is 0 Å². The van der Waals surface area contributed by atoms with Crippen LogP contribution < -0.4 is 15.2 Å². The monoisotopic (exact) mass is 465 g/mol. The van der Waals surface area contributed by atoms with E-state index in [9.17, 15) is 19.1 Å². The summed E-state index contributed by atoms with van der Waals surface area (Å²) >= 11 is 0. The number of nitrogens with zero attached hydrogens (tertiary/aromatic N) is 3. The van der Waals surface area contributed by atoms with Crippen LogP contribution >= 0.6 is 0 Å². The molecule has 174 valence electrons. The Morgan fingerprint density at radius 3 is 2.62 bits per heavy atom. The van der Waals surface area contributed by atoms with Gasteiger partial charge in [0.05, 0.1) is 0 Å². The smallest absolute Gasteiger partial charge is 0.278 e. The molecule has 5 rings (SSSR count). The van der Waals surface area contributed by atoms with Crippen LogP contribution in [-0.4, -0.2) is 40.4 Å². The molecular weight excluding hydrogens is 444 g/mol. The number of carbonyl (C=O) groups is 1. The number of hydrogen-bond donors (Lipinski definition) is 1. The van der Waals surface area contributed by atoms with Crippen molar-refractivity contribution in [2.24, 2.45) is 0 Å². The van der Waals surface area contributed by atoms with Gasteiger partial charge in [0, 0.05) is 24.4 Å². The van der Waals surface area contributed by atoms with E-state index in [4.69, 9.17) is 4.74 Å². The van der Waals surface area contributed by atoms with E-state index in [1.54, 1.807) is 17.2 Å². The second-order valence-corrected chi connectivity index (χ2v) is 8.15. The number of carbonyl (C=O) groups excluding carboxylic acids is 1. The van der Waals surface area contributed by atoms with Gasteiger partial charge in [-0.05, 0) is 36.3 Å². The zero-order valence-corrected chi connectivity index (χ0v) is 18.2. The van der Waals surface area contributed by atoms with Crippen LogP contribution in [0.4, 0.5) is 8.78 Å². The number of pyridine rings is 1. The summed E-state index contributed by atoms with van der Waals surface area (Å²) in [7, 11) is 0. The van der Waals surface area contributed by atoms with Crippen molar-refractivity contribution in [1.29, 1.82) is 0 Å². The summed E-state index contributed by atoms with van der Waals surface area (Å²) in [5.41, 5.74) is 1.07. The number of hydrogen-bond acceptors (Lipinski definition) is 5. The molecule has 7 nitrogen and oxygen atoms in total. The molecule has 2 aromatic carbocycles. The normalized spacial score (nSPS) is 18.4. The van der Waals surface area contributed by atoms with Gasteiger partial charge in [-0.15, -0.1) is 0 Å². The van der Waals surface area contributed by atoms with Gasteiger partial charge in [-0.1, -0.05) is 30.3 Å². The minimum absolute atomic E-state index is 0.0358. The summed E-state index contributed by atoms with van der Waals surface area (Å²) in [6.45, 7) is 2.07. The average Bonchev–Trinajstić information content (AvgIpc) is 2.85. The maximum absolute atomic E-state index is 15.0. The summed E-state index contributed by atoms with van der Waals surface area (Å²) in [5.74, 6) is -3.60. The van der Waals surface area contributed by atoms with Gasteiger partial charge < -0.3 is 14.7 Å². The molecule has 0 saturated carbocycles. The first kappa shape index (κ1) is 21.7. The highest BCUT2D eigenvalue weighted by atomic mass is 19.2. The topological polar surface area (TPSA) is 75.0 Å².